The molecule has 0 bridgehead atoms. The highest BCUT2D eigenvalue weighted by Gasteiger charge is 2.07. The topological polar surface area (TPSA) is 90.3 Å². The highest BCUT2D eigenvalue weighted by molar-refractivity contribution is 6.33. The van der Waals surface area contributed by atoms with Crippen molar-refractivity contribution < 1.29 is 0 Å². The molecule has 0 aliphatic rings. The summed E-state index contributed by atoms with van der Waals surface area (Å²) in [6, 6.07) is 7.53. The second-order valence-corrected chi connectivity index (χ2v) is 3.89. The van der Waals surface area contributed by atoms with Crippen LogP contribution in [-0.4, -0.2) is 20.6 Å². The molecule has 2 rings (SSSR count). The van der Waals surface area contributed by atoms with Crippen LogP contribution in [0.1, 0.15) is 11.4 Å². The smallest absolute Gasteiger partial charge is 0.216 e. The molecule has 6 nitrogen and oxygen atoms in total. The van der Waals surface area contributed by atoms with Crippen molar-refractivity contribution in [3.05, 3.63) is 40.8 Å². The van der Waals surface area contributed by atoms with Gasteiger partial charge >= 0.3 is 0 Å². The van der Waals surface area contributed by atoms with Crippen LogP contribution in [0.15, 0.2) is 24.4 Å². The van der Waals surface area contributed by atoms with E-state index in [1.807, 2.05) is 25.1 Å². The molecule has 1 aromatic carbocycles. The third-order valence-corrected chi connectivity index (χ3v) is 2.60. The molecule has 1 aromatic heterocycles. The summed E-state index contributed by atoms with van der Waals surface area (Å²) in [5.74, 6) is 0.231. The van der Waals surface area contributed by atoms with Crippen LogP contribution in [0, 0.1) is 18.3 Å². The molecule has 2 N–H and O–H groups in total. The van der Waals surface area contributed by atoms with E-state index in [0.29, 0.717) is 5.02 Å². The van der Waals surface area contributed by atoms with E-state index >= 15 is 0 Å². The summed E-state index contributed by atoms with van der Waals surface area (Å²) >= 11 is 6.06. The minimum absolute atomic E-state index is 0.231. The number of aromatic amines is 1. The summed E-state index contributed by atoms with van der Waals surface area (Å²) < 4.78 is 0. The van der Waals surface area contributed by atoms with Crippen molar-refractivity contribution in [3.8, 4) is 6.07 Å². The Kier molecular flexibility index (Phi) is 3.55. The molecule has 0 spiro atoms. The maximum absolute atomic E-state index is 9.00. The van der Waals surface area contributed by atoms with Gasteiger partial charge in [-0.3, -0.25) is 0 Å². The third kappa shape index (κ3) is 2.47. The largest absolute Gasteiger partial charge is 0.359 e. The summed E-state index contributed by atoms with van der Waals surface area (Å²) in [5.41, 5.74) is 1.99. The fraction of sp³-hybridized carbons (Fsp3) is 0.0909. The number of hydrogen-bond acceptors (Lipinski definition) is 5. The van der Waals surface area contributed by atoms with Gasteiger partial charge in [0.25, 0.3) is 0 Å². The van der Waals surface area contributed by atoms with Crippen LogP contribution >= 0.6 is 11.6 Å². The number of tetrazole rings is 1. The number of aromatic nitrogens is 4. The minimum Gasteiger partial charge on any atom is -0.359 e. The van der Waals surface area contributed by atoms with Gasteiger partial charge in [-0.15, -0.1) is 10.2 Å². The highest BCUT2D eigenvalue weighted by Crippen LogP contribution is 2.25. The zero-order chi connectivity index (χ0) is 13.0. The van der Waals surface area contributed by atoms with Crippen molar-refractivity contribution in [1.29, 1.82) is 5.26 Å². The Labute approximate surface area is 108 Å². The number of halogens is 1. The molecule has 0 aliphatic carbocycles. The molecule has 0 saturated heterocycles. The summed E-state index contributed by atoms with van der Waals surface area (Å²) in [5, 5.41) is 25.7. The number of para-hydroxylation sites is 1. The molecule has 1 heterocycles. The van der Waals surface area contributed by atoms with Crippen molar-refractivity contribution in [2.45, 2.75) is 6.92 Å². The summed E-state index contributed by atoms with van der Waals surface area (Å²) in [6.07, 6.45) is 1.50. The SMILES string of the molecule is Cc1cccc(Cl)c1N/C=C(\C#N)c1nn[nH]n1. The first-order valence-corrected chi connectivity index (χ1v) is 5.46. The maximum atomic E-state index is 9.00. The van der Waals surface area contributed by atoms with Gasteiger partial charge in [-0.05, 0) is 23.8 Å². The molecular weight excluding hydrogens is 252 g/mol. The Bertz CT molecular complexity index is 591. The van der Waals surface area contributed by atoms with E-state index in [-0.39, 0.29) is 11.4 Å². The van der Waals surface area contributed by atoms with Gasteiger partial charge in [0.15, 0.2) is 0 Å². The molecule has 0 radical (unpaired) electrons. The molecule has 0 saturated carbocycles. The third-order valence-electron chi connectivity index (χ3n) is 2.29. The van der Waals surface area contributed by atoms with E-state index in [0.717, 1.165) is 11.3 Å². The summed E-state index contributed by atoms with van der Waals surface area (Å²) in [4.78, 5) is 0. The zero-order valence-corrected chi connectivity index (χ0v) is 10.2. The normalized spacial score (nSPS) is 11.1. The van der Waals surface area contributed by atoms with E-state index in [9.17, 15) is 0 Å². The van der Waals surface area contributed by atoms with E-state index in [4.69, 9.17) is 16.9 Å². The Balaban J connectivity index is 2.27. The van der Waals surface area contributed by atoms with Gasteiger partial charge in [0.1, 0.15) is 11.6 Å². The highest BCUT2D eigenvalue weighted by atomic mass is 35.5. The van der Waals surface area contributed by atoms with Gasteiger partial charge < -0.3 is 5.32 Å². The lowest BCUT2D eigenvalue weighted by Crippen LogP contribution is -1.95. The average molecular weight is 261 g/mol. The quantitative estimate of drug-likeness (QED) is 0.825. The predicted molar refractivity (Wildman–Crippen MR) is 67.6 cm³/mol. The van der Waals surface area contributed by atoms with Gasteiger partial charge in [-0.1, -0.05) is 23.7 Å². The van der Waals surface area contributed by atoms with Crippen molar-refractivity contribution in [1.82, 2.24) is 20.6 Å². The fourth-order valence-electron chi connectivity index (χ4n) is 1.38. The molecule has 7 heteroatoms. The molecular formula is C11H9ClN6. The number of anilines is 1. The Hall–Kier alpha value is -2.39. The van der Waals surface area contributed by atoms with Gasteiger partial charge in [0.2, 0.25) is 5.82 Å². The molecule has 18 heavy (non-hydrogen) atoms. The number of rotatable bonds is 3. The van der Waals surface area contributed by atoms with E-state index in [1.165, 1.54) is 6.20 Å². The zero-order valence-electron chi connectivity index (χ0n) is 9.48. The Morgan fingerprint density at radius 2 is 2.39 bits per heavy atom. The van der Waals surface area contributed by atoms with Crippen LogP contribution in [0.3, 0.4) is 0 Å². The summed E-state index contributed by atoms with van der Waals surface area (Å²) in [7, 11) is 0. The van der Waals surface area contributed by atoms with E-state index in [1.54, 1.807) is 6.07 Å². The van der Waals surface area contributed by atoms with Crippen LogP contribution in [0.5, 0.6) is 0 Å². The van der Waals surface area contributed by atoms with Crippen molar-refractivity contribution in [3.63, 3.8) is 0 Å². The van der Waals surface area contributed by atoms with Gasteiger partial charge in [-0.2, -0.15) is 10.5 Å². The first kappa shape index (κ1) is 12.1. The standard InChI is InChI=1S/C11H9ClN6/c1-7-3-2-4-9(12)10(7)14-6-8(5-13)11-15-17-18-16-11/h2-4,6,14H,1H3,(H,15,16,17,18)/b8-6+. The lowest BCUT2D eigenvalue weighted by Gasteiger charge is -2.07. The number of H-pyrrole nitrogens is 1. The first-order chi connectivity index (χ1) is 8.72. The lowest BCUT2D eigenvalue weighted by atomic mass is 10.2. The number of nitrogens with one attached hydrogen (secondary N) is 2. The van der Waals surface area contributed by atoms with Gasteiger partial charge in [0.05, 0.1) is 10.7 Å². The predicted octanol–water partition coefficient (Wildman–Crippen LogP) is 2.14. The van der Waals surface area contributed by atoms with Crippen LogP contribution in [0.4, 0.5) is 5.69 Å². The molecule has 2 aromatic rings. The molecule has 0 unspecified atom stereocenters. The number of nitriles is 1. The van der Waals surface area contributed by atoms with E-state index in [2.05, 4.69) is 25.9 Å². The van der Waals surface area contributed by atoms with Crippen LogP contribution < -0.4 is 5.32 Å². The average Bonchev–Trinajstić information content (AvgIpc) is 2.87. The second kappa shape index (κ2) is 5.29. The molecule has 0 amide bonds. The number of benzene rings is 1. The Morgan fingerprint density at radius 3 is 3.00 bits per heavy atom. The van der Waals surface area contributed by atoms with Crippen LogP contribution in [0.2, 0.25) is 5.02 Å². The maximum Gasteiger partial charge on any atom is 0.216 e. The van der Waals surface area contributed by atoms with Gasteiger partial charge in [-0.25, -0.2) is 0 Å². The number of nitrogens with zero attached hydrogens (tertiary/aromatic N) is 4. The van der Waals surface area contributed by atoms with Crippen LogP contribution in [-0.2, 0) is 0 Å². The molecule has 0 fully saturated rings. The Morgan fingerprint density at radius 1 is 1.56 bits per heavy atom. The summed E-state index contributed by atoms with van der Waals surface area (Å²) in [6.45, 7) is 1.92. The van der Waals surface area contributed by atoms with Gasteiger partial charge in [0, 0.05) is 6.20 Å². The minimum atomic E-state index is 0.231. The second-order valence-electron chi connectivity index (χ2n) is 3.48. The molecule has 0 aliphatic heterocycles. The first-order valence-electron chi connectivity index (χ1n) is 5.08. The van der Waals surface area contributed by atoms with E-state index < -0.39 is 0 Å². The molecule has 90 valence electrons. The van der Waals surface area contributed by atoms with Crippen molar-refractivity contribution >= 4 is 22.9 Å². The number of allylic oxidation sites excluding steroid dienone is 1. The number of aryl methyl sites for hydroxylation is 1. The van der Waals surface area contributed by atoms with Crippen molar-refractivity contribution in [2.24, 2.45) is 0 Å². The molecule has 0 atom stereocenters. The van der Waals surface area contributed by atoms with Crippen molar-refractivity contribution in [2.75, 3.05) is 5.32 Å². The monoisotopic (exact) mass is 260 g/mol. The lowest BCUT2D eigenvalue weighted by molar-refractivity contribution is 0.881. The number of hydrogen-bond donors (Lipinski definition) is 2. The fourth-order valence-corrected chi connectivity index (χ4v) is 1.66. The van der Waals surface area contributed by atoms with Crippen LogP contribution in [0.25, 0.3) is 5.57 Å².